The van der Waals surface area contributed by atoms with E-state index in [4.69, 9.17) is 0 Å². The molecular weight excluding hydrogens is 136 g/mol. The Morgan fingerprint density at radius 1 is 1.45 bits per heavy atom. The van der Waals surface area contributed by atoms with Gasteiger partial charge in [0.1, 0.15) is 6.29 Å². The molecule has 0 saturated heterocycles. The molecule has 1 nitrogen and oxygen atoms in total. The van der Waals surface area contributed by atoms with Crippen LogP contribution in [0.15, 0.2) is 12.2 Å². The number of hydrogen-bond acceptors (Lipinski definition) is 1. The summed E-state index contributed by atoms with van der Waals surface area (Å²) in [6, 6.07) is 0. The van der Waals surface area contributed by atoms with Crippen molar-refractivity contribution >= 4 is 6.29 Å². The molecule has 0 spiro atoms. The maximum Gasteiger partial charge on any atom is 0.145 e. The lowest BCUT2D eigenvalue weighted by atomic mass is 9.77. The molecule has 0 N–H and O–H groups in total. The highest BCUT2D eigenvalue weighted by Crippen LogP contribution is 2.32. The summed E-state index contributed by atoms with van der Waals surface area (Å²) in [6.45, 7) is 6.00. The van der Waals surface area contributed by atoms with Crippen molar-refractivity contribution in [3.63, 3.8) is 0 Å². The van der Waals surface area contributed by atoms with Crippen molar-refractivity contribution in [3.8, 4) is 0 Å². The second-order valence-corrected chi connectivity index (χ2v) is 3.56. The molecular formula is C10H16O. The van der Waals surface area contributed by atoms with Gasteiger partial charge in [0.05, 0.1) is 0 Å². The summed E-state index contributed by atoms with van der Waals surface area (Å²) in [6.07, 6.45) is 5.94. The molecule has 1 saturated carbocycles. The van der Waals surface area contributed by atoms with Crippen LogP contribution < -0.4 is 0 Å². The molecule has 0 heterocycles. The van der Waals surface area contributed by atoms with Crippen LogP contribution in [-0.4, -0.2) is 6.29 Å². The van der Waals surface area contributed by atoms with Crippen LogP contribution in [0.2, 0.25) is 0 Å². The first-order chi connectivity index (χ1) is 5.25. The maximum absolute atomic E-state index is 10.5. The molecule has 2 atom stereocenters. The Bertz CT molecular complexity index is 160. The molecule has 0 bridgehead atoms. The normalized spacial score (nSPS) is 31.4. The van der Waals surface area contributed by atoms with Crippen LogP contribution in [-0.2, 0) is 4.79 Å². The summed E-state index contributed by atoms with van der Waals surface area (Å²) in [5.41, 5.74) is 0.803. The van der Waals surface area contributed by atoms with Crippen molar-refractivity contribution in [3.05, 3.63) is 12.2 Å². The molecule has 1 aliphatic rings. The molecule has 1 rings (SSSR count). The number of aldehydes is 1. The zero-order valence-electron chi connectivity index (χ0n) is 7.18. The van der Waals surface area contributed by atoms with E-state index in [1.807, 2.05) is 0 Å². The third-order valence-electron chi connectivity index (χ3n) is 2.74. The molecule has 0 amide bonds. The van der Waals surface area contributed by atoms with Crippen LogP contribution in [0.3, 0.4) is 0 Å². The van der Waals surface area contributed by atoms with Gasteiger partial charge in [-0.05, 0) is 23.8 Å². The zero-order chi connectivity index (χ0) is 8.27. The van der Waals surface area contributed by atoms with E-state index in [0.717, 1.165) is 11.9 Å². The highest BCUT2D eigenvalue weighted by atomic mass is 16.1. The van der Waals surface area contributed by atoms with Crippen LogP contribution in [0.1, 0.15) is 32.6 Å². The van der Waals surface area contributed by atoms with E-state index in [9.17, 15) is 4.79 Å². The molecule has 1 aliphatic carbocycles. The minimum absolute atomic E-state index is 0.473. The van der Waals surface area contributed by atoms with E-state index in [0.29, 0.717) is 11.8 Å². The topological polar surface area (TPSA) is 17.1 Å². The molecule has 0 aromatic heterocycles. The molecule has 62 valence electrons. The van der Waals surface area contributed by atoms with Crippen molar-refractivity contribution in [2.24, 2.45) is 11.8 Å². The minimum atomic E-state index is 0.473. The number of hydrogen-bond donors (Lipinski definition) is 0. The molecule has 2 unspecified atom stereocenters. The van der Waals surface area contributed by atoms with Gasteiger partial charge in [0.2, 0.25) is 0 Å². The van der Waals surface area contributed by atoms with Crippen LogP contribution in [0.25, 0.3) is 0 Å². The second-order valence-electron chi connectivity index (χ2n) is 3.56. The smallest absolute Gasteiger partial charge is 0.145 e. The van der Waals surface area contributed by atoms with Gasteiger partial charge in [-0.1, -0.05) is 32.8 Å². The van der Waals surface area contributed by atoms with Crippen LogP contribution in [0.4, 0.5) is 0 Å². The van der Waals surface area contributed by atoms with Gasteiger partial charge in [0, 0.05) is 0 Å². The van der Waals surface area contributed by atoms with E-state index < -0.39 is 0 Å². The van der Waals surface area contributed by atoms with Crippen LogP contribution >= 0.6 is 0 Å². The van der Waals surface area contributed by atoms with Gasteiger partial charge in [-0.25, -0.2) is 0 Å². The summed E-state index contributed by atoms with van der Waals surface area (Å²) in [4.78, 5) is 10.5. The molecule has 0 aliphatic heterocycles. The number of carbonyl (C=O) groups excluding carboxylic acids is 1. The zero-order valence-corrected chi connectivity index (χ0v) is 7.18. The van der Waals surface area contributed by atoms with Crippen molar-refractivity contribution in [2.45, 2.75) is 32.6 Å². The molecule has 1 fully saturated rings. The first-order valence-electron chi connectivity index (χ1n) is 4.39. The second kappa shape index (κ2) is 3.70. The maximum atomic E-state index is 10.5. The van der Waals surface area contributed by atoms with Gasteiger partial charge in [-0.15, -0.1) is 0 Å². The first-order valence-corrected chi connectivity index (χ1v) is 4.39. The average Bonchev–Trinajstić information content (AvgIpc) is 2.04. The van der Waals surface area contributed by atoms with Crippen molar-refractivity contribution in [1.82, 2.24) is 0 Å². The Morgan fingerprint density at radius 3 is 2.64 bits per heavy atom. The molecule has 0 aromatic carbocycles. The van der Waals surface area contributed by atoms with Gasteiger partial charge in [-0.3, -0.25) is 4.79 Å². The Labute approximate surface area is 68.5 Å². The van der Waals surface area contributed by atoms with Gasteiger partial charge in [-0.2, -0.15) is 0 Å². The van der Waals surface area contributed by atoms with Crippen LogP contribution in [0, 0.1) is 11.8 Å². The monoisotopic (exact) mass is 152 g/mol. The van der Waals surface area contributed by atoms with E-state index in [1.165, 1.54) is 25.7 Å². The number of allylic oxidation sites excluding steroid dienone is 1. The minimum Gasteiger partial charge on any atom is -0.298 e. The first kappa shape index (κ1) is 8.51. The predicted molar refractivity (Wildman–Crippen MR) is 46.3 cm³/mol. The highest BCUT2D eigenvalue weighted by Gasteiger charge is 2.22. The summed E-state index contributed by atoms with van der Waals surface area (Å²) >= 11 is 0. The highest BCUT2D eigenvalue weighted by molar-refractivity contribution is 5.72. The van der Waals surface area contributed by atoms with E-state index in [1.54, 1.807) is 0 Å². The van der Waals surface area contributed by atoms with E-state index >= 15 is 0 Å². The molecule has 11 heavy (non-hydrogen) atoms. The molecule has 1 heteroatoms. The van der Waals surface area contributed by atoms with Crippen LogP contribution in [0.5, 0.6) is 0 Å². The Balaban J connectivity index is 2.53. The largest absolute Gasteiger partial charge is 0.298 e. The van der Waals surface area contributed by atoms with Crippen molar-refractivity contribution < 1.29 is 4.79 Å². The molecule has 0 aromatic rings. The van der Waals surface area contributed by atoms with Gasteiger partial charge < -0.3 is 0 Å². The van der Waals surface area contributed by atoms with E-state index in [2.05, 4.69) is 13.5 Å². The fourth-order valence-corrected chi connectivity index (χ4v) is 1.95. The summed E-state index contributed by atoms with van der Waals surface area (Å²) in [5, 5.41) is 0. The van der Waals surface area contributed by atoms with Gasteiger partial charge in [0.15, 0.2) is 0 Å². The quantitative estimate of drug-likeness (QED) is 0.439. The van der Waals surface area contributed by atoms with Gasteiger partial charge >= 0.3 is 0 Å². The standard InChI is InChI=1S/C10H16O/c1-8-5-3-4-6-10(8)9(2)7-11/h7-8,10H,2-6H2,1H3. The lowest BCUT2D eigenvalue weighted by Crippen LogP contribution is -2.18. The summed E-state index contributed by atoms with van der Waals surface area (Å²) < 4.78 is 0. The number of carbonyl (C=O) groups is 1. The average molecular weight is 152 g/mol. The fraction of sp³-hybridized carbons (Fsp3) is 0.700. The summed E-state index contributed by atoms with van der Waals surface area (Å²) in [7, 11) is 0. The lowest BCUT2D eigenvalue weighted by Gasteiger charge is -2.28. The third-order valence-corrected chi connectivity index (χ3v) is 2.74. The number of rotatable bonds is 2. The Morgan fingerprint density at radius 2 is 2.09 bits per heavy atom. The predicted octanol–water partition coefficient (Wildman–Crippen LogP) is 2.57. The fourth-order valence-electron chi connectivity index (χ4n) is 1.95. The SMILES string of the molecule is C=C(C=O)C1CCCCC1C. The summed E-state index contributed by atoms with van der Waals surface area (Å²) in [5.74, 6) is 1.14. The molecule has 0 radical (unpaired) electrons. The Hall–Kier alpha value is -0.590. The van der Waals surface area contributed by atoms with Crippen molar-refractivity contribution in [1.29, 1.82) is 0 Å². The third kappa shape index (κ3) is 1.92. The van der Waals surface area contributed by atoms with E-state index in [-0.39, 0.29) is 0 Å². The van der Waals surface area contributed by atoms with Gasteiger partial charge in [0.25, 0.3) is 0 Å². The lowest BCUT2D eigenvalue weighted by molar-refractivity contribution is -0.105. The van der Waals surface area contributed by atoms with Crippen molar-refractivity contribution in [2.75, 3.05) is 0 Å². The Kier molecular flexibility index (Phi) is 2.86.